The standard InChI is InChI=1S/C26H22N4O4/c1-15-7-3-6-10-20(15)28-26(33)19-13-16-8-4-5-9-18(16)23(24(19)31)30-29-21-14-17(25(27)32)11-12-22(21)34-2/h3-14,31H,1-2H3,(H2,27,32)(H,28,33). The molecule has 0 aliphatic carbocycles. The van der Waals surface area contributed by atoms with E-state index in [0.717, 1.165) is 5.56 Å². The van der Waals surface area contributed by atoms with E-state index in [1.54, 1.807) is 30.3 Å². The second kappa shape index (κ2) is 9.41. The Kier molecular flexibility index (Phi) is 6.22. The van der Waals surface area contributed by atoms with Gasteiger partial charge >= 0.3 is 0 Å². The maximum absolute atomic E-state index is 13.1. The molecule has 8 heteroatoms. The van der Waals surface area contributed by atoms with Crippen LogP contribution in [0.2, 0.25) is 0 Å². The summed E-state index contributed by atoms with van der Waals surface area (Å²) >= 11 is 0. The Bertz CT molecular complexity index is 1450. The molecule has 0 saturated heterocycles. The summed E-state index contributed by atoms with van der Waals surface area (Å²) in [5.74, 6) is -1.06. The van der Waals surface area contributed by atoms with Gasteiger partial charge in [0.25, 0.3) is 5.91 Å². The second-order valence-electron chi connectivity index (χ2n) is 7.56. The van der Waals surface area contributed by atoms with Crippen LogP contribution in [0.3, 0.4) is 0 Å². The molecule has 0 saturated carbocycles. The predicted octanol–water partition coefficient (Wildman–Crippen LogP) is 5.63. The number of aromatic hydroxyl groups is 1. The van der Waals surface area contributed by atoms with Crippen molar-refractivity contribution in [3.8, 4) is 11.5 Å². The maximum atomic E-state index is 13.1. The summed E-state index contributed by atoms with van der Waals surface area (Å²) in [4.78, 5) is 24.6. The SMILES string of the molecule is COc1ccc(C(N)=O)cc1N=Nc1c(O)c(C(=O)Nc2ccccc2C)cc2ccccc12. The van der Waals surface area contributed by atoms with Gasteiger partial charge in [0.1, 0.15) is 17.1 Å². The number of ether oxygens (including phenoxy) is 1. The molecule has 170 valence electrons. The number of amides is 2. The first-order valence-corrected chi connectivity index (χ1v) is 10.4. The van der Waals surface area contributed by atoms with Crippen molar-refractivity contribution < 1.29 is 19.4 Å². The monoisotopic (exact) mass is 454 g/mol. The van der Waals surface area contributed by atoms with E-state index in [1.165, 1.54) is 19.2 Å². The van der Waals surface area contributed by atoms with Crippen molar-refractivity contribution in [3.63, 3.8) is 0 Å². The molecular formula is C26H22N4O4. The number of phenolic OH excluding ortho intramolecular Hbond substituents is 1. The fraction of sp³-hybridized carbons (Fsp3) is 0.0769. The van der Waals surface area contributed by atoms with Gasteiger partial charge < -0.3 is 20.9 Å². The van der Waals surface area contributed by atoms with Crippen LogP contribution in [0.15, 0.2) is 83.0 Å². The Morgan fingerprint density at radius 1 is 0.971 bits per heavy atom. The smallest absolute Gasteiger partial charge is 0.259 e. The van der Waals surface area contributed by atoms with Crippen LogP contribution < -0.4 is 15.8 Å². The third-order valence-corrected chi connectivity index (χ3v) is 5.35. The molecule has 0 aliphatic heterocycles. The van der Waals surface area contributed by atoms with Crippen molar-refractivity contribution in [2.75, 3.05) is 12.4 Å². The number of hydrogen-bond donors (Lipinski definition) is 3. The number of primary amides is 1. The quantitative estimate of drug-likeness (QED) is 0.326. The molecule has 4 N–H and O–H groups in total. The number of para-hydroxylation sites is 1. The number of anilines is 1. The molecular weight excluding hydrogens is 432 g/mol. The highest BCUT2D eigenvalue weighted by atomic mass is 16.5. The first-order chi connectivity index (χ1) is 16.4. The first-order valence-electron chi connectivity index (χ1n) is 10.4. The Labute approximate surface area is 195 Å². The van der Waals surface area contributed by atoms with Crippen LogP contribution in [-0.4, -0.2) is 24.0 Å². The van der Waals surface area contributed by atoms with E-state index in [-0.39, 0.29) is 28.3 Å². The normalized spacial score (nSPS) is 11.0. The summed E-state index contributed by atoms with van der Waals surface area (Å²) in [5.41, 5.74) is 7.53. The van der Waals surface area contributed by atoms with Gasteiger partial charge in [0.15, 0.2) is 5.75 Å². The third-order valence-electron chi connectivity index (χ3n) is 5.35. The molecule has 0 heterocycles. The molecule has 0 bridgehead atoms. The number of nitrogens with one attached hydrogen (secondary N) is 1. The van der Waals surface area contributed by atoms with Crippen LogP contribution in [0.25, 0.3) is 10.8 Å². The minimum atomic E-state index is -0.623. The molecule has 0 radical (unpaired) electrons. The number of benzene rings is 4. The highest BCUT2D eigenvalue weighted by molar-refractivity contribution is 6.12. The molecule has 0 atom stereocenters. The largest absolute Gasteiger partial charge is 0.505 e. The van der Waals surface area contributed by atoms with Crippen molar-refractivity contribution in [1.82, 2.24) is 0 Å². The molecule has 0 spiro atoms. The lowest BCUT2D eigenvalue weighted by molar-refractivity contribution is 0.0997. The molecule has 4 aromatic rings. The van der Waals surface area contributed by atoms with Crippen LogP contribution in [0, 0.1) is 6.92 Å². The zero-order valence-corrected chi connectivity index (χ0v) is 18.6. The highest BCUT2D eigenvalue weighted by Gasteiger charge is 2.19. The Morgan fingerprint density at radius 2 is 1.71 bits per heavy atom. The van der Waals surface area contributed by atoms with Crippen molar-refractivity contribution in [2.45, 2.75) is 6.92 Å². The van der Waals surface area contributed by atoms with Crippen LogP contribution in [0.1, 0.15) is 26.3 Å². The lowest BCUT2D eigenvalue weighted by atomic mass is 10.0. The van der Waals surface area contributed by atoms with Crippen LogP contribution in [-0.2, 0) is 0 Å². The predicted molar refractivity (Wildman–Crippen MR) is 130 cm³/mol. The van der Waals surface area contributed by atoms with Gasteiger partial charge in [-0.15, -0.1) is 10.2 Å². The van der Waals surface area contributed by atoms with Crippen LogP contribution in [0.5, 0.6) is 11.5 Å². The summed E-state index contributed by atoms with van der Waals surface area (Å²) in [6.07, 6.45) is 0. The summed E-state index contributed by atoms with van der Waals surface area (Å²) in [5, 5.41) is 23.6. The third kappa shape index (κ3) is 4.42. The molecule has 4 aromatic carbocycles. The van der Waals surface area contributed by atoms with E-state index >= 15 is 0 Å². The summed E-state index contributed by atoms with van der Waals surface area (Å²) in [7, 11) is 1.46. The topological polar surface area (TPSA) is 126 Å². The van der Waals surface area contributed by atoms with Crippen molar-refractivity contribution in [2.24, 2.45) is 16.0 Å². The summed E-state index contributed by atoms with van der Waals surface area (Å²) in [6, 6.07) is 20.7. The van der Waals surface area contributed by atoms with Gasteiger partial charge in [0.05, 0.1) is 12.7 Å². The lowest BCUT2D eigenvalue weighted by Gasteiger charge is -2.12. The molecule has 0 aromatic heterocycles. The summed E-state index contributed by atoms with van der Waals surface area (Å²) in [6.45, 7) is 1.88. The number of phenols is 1. The fourth-order valence-electron chi connectivity index (χ4n) is 3.52. The van der Waals surface area contributed by atoms with Crippen LogP contribution in [0.4, 0.5) is 17.1 Å². The van der Waals surface area contributed by atoms with Gasteiger partial charge in [-0.1, -0.05) is 42.5 Å². The Morgan fingerprint density at radius 3 is 2.44 bits per heavy atom. The highest BCUT2D eigenvalue weighted by Crippen LogP contribution is 2.40. The first kappa shape index (κ1) is 22.5. The van der Waals surface area contributed by atoms with Gasteiger partial charge in [-0.05, 0) is 48.2 Å². The van der Waals surface area contributed by atoms with Crippen molar-refractivity contribution in [1.29, 1.82) is 0 Å². The Balaban J connectivity index is 1.81. The number of nitrogens with zero attached hydrogens (tertiary/aromatic N) is 2. The van der Waals surface area contributed by atoms with E-state index in [4.69, 9.17) is 10.5 Å². The molecule has 34 heavy (non-hydrogen) atoms. The number of methoxy groups -OCH3 is 1. The molecule has 2 amide bonds. The number of azo groups is 1. The molecule has 4 rings (SSSR count). The molecule has 8 nitrogen and oxygen atoms in total. The number of hydrogen-bond acceptors (Lipinski definition) is 6. The van der Waals surface area contributed by atoms with E-state index in [9.17, 15) is 14.7 Å². The lowest BCUT2D eigenvalue weighted by Crippen LogP contribution is -2.13. The van der Waals surface area contributed by atoms with Gasteiger partial charge in [-0.3, -0.25) is 9.59 Å². The number of fused-ring (bicyclic) bond motifs is 1. The average molecular weight is 454 g/mol. The number of carbonyl (C=O) groups excluding carboxylic acids is 2. The number of carbonyl (C=O) groups is 2. The number of nitrogens with two attached hydrogens (primary N) is 1. The second-order valence-corrected chi connectivity index (χ2v) is 7.56. The zero-order valence-electron chi connectivity index (χ0n) is 18.6. The van der Waals surface area contributed by atoms with Crippen LogP contribution >= 0.6 is 0 Å². The number of aryl methyl sites for hydroxylation is 1. The minimum Gasteiger partial charge on any atom is -0.505 e. The minimum absolute atomic E-state index is 0.0498. The van der Waals surface area contributed by atoms with Gasteiger partial charge in [-0.2, -0.15) is 0 Å². The number of rotatable bonds is 6. The zero-order chi connectivity index (χ0) is 24.2. The van der Waals surface area contributed by atoms with Gasteiger partial charge in [0.2, 0.25) is 5.91 Å². The molecule has 0 unspecified atom stereocenters. The summed E-state index contributed by atoms with van der Waals surface area (Å²) < 4.78 is 5.29. The van der Waals surface area contributed by atoms with Crippen molar-refractivity contribution >= 4 is 39.6 Å². The average Bonchev–Trinajstić information content (AvgIpc) is 2.84. The van der Waals surface area contributed by atoms with Crippen molar-refractivity contribution in [3.05, 3.63) is 89.5 Å². The van der Waals surface area contributed by atoms with E-state index in [0.29, 0.717) is 22.2 Å². The Hall–Kier alpha value is -4.72. The van der Waals surface area contributed by atoms with E-state index < -0.39 is 11.8 Å². The molecule has 0 aliphatic rings. The fourth-order valence-corrected chi connectivity index (χ4v) is 3.52. The van der Waals surface area contributed by atoms with Gasteiger partial charge in [0, 0.05) is 16.6 Å². The molecule has 0 fully saturated rings. The maximum Gasteiger partial charge on any atom is 0.259 e. The van der Waals surface area contributed by atoms with Gasteiger partial charge in [-0.25, -0.2) is 0 Å². The van der Waals surface area contributed by atoms with E-state index in [2.05, 4.69) is 15.5 Å². The van der Waals surface area contributed by atoms with E-state index in [1.807, 2.05) is 37.3 Å².